The number of allylic oxidation sites excluding steroid dienone is 1. The van der Waals surface area contributed by atoms with E-state index in [1.807, 2.05) is 48.5 Å². The molecule has 0 aromatic heterocycles. The van der Waals surface area contributed by atoms with Gasteiger partial charge in [-0.25, -0.2) is 4.79 Å². The molecule has 1 aliphatic carbocycles. The standard InChI is InChI=1S/C32H30O9/c1-4-8-20-21-13-24-25(40-17-39-24)14-22(21)28(29-23(20)16-37-31(29)33)19-11-26(35-2)30(27(12-19)36-3)41-32(34)38-15-18-9-6-5-7-10-18/h4-7,9-14,20,23,28-29H,1,8,15-17H2,2-3H3/t20-,23-,28-,29+/m1/s1. The Bertz CT molecular complexity index is 1460. The predicted molar refractivity (Wildman–Crippen MR) is 147 cm³/mol. The fraction of sp³-hybridized carbons (Fsp3) is 0.312. The van der Waals surface area contributed by atoms with Gasteiger partial charge in [0.25, 0.3) is 0 Å². The van der Waals surface area contributed by atoms with Gasteiger partial charge in [-0.2, -0.15) is 0 Å². The van der Waals surface area contributed by atoms with Crippen LogP contribution in [0.25, 0.3) is 0 Å². The summed E-state index contributed by atoms with van der Waals surface area (Å²) in [6.45, 7) is 4.45. The second kappa shape index (κ2) is 11.1. The van der Waals surface area contributed by atoms with E-state index >= 15 is 0 Å². The van der Waals surface area contributed by atoms with Gasteiger partial charge >= 0.3 is 12.1 Å². The average molecular weight is 559 g/mol. The molecule has 9 nitrogen and oxygen atoms in total. The van der Waals surface area contributed by atoms with Gasteiger partial charge < -0.3 is 33.2 Å². The van der Waals surface area contributed by atoms with Crippen LogP contribution in [0.15, 0.2) is 67.3 Å². The number of carbonyl (C=O) groups is 2. The van der Waals surface area contributed by atoms with Crippen LogP contribution < -0.4 is 23.7 Å². The summed E-state index contributed by atoms with van der Waals surface area (Å²) in [6, 6.07) is 16.8. The molecule has 3 aliphatic rings. The molecular weight excluding hydrogens is 528 g/mol. The summed E-state index contributed by atoms with van der Waals surface area (Å²) in [5.74, 6) is 0.726. The fourth-order valence-electron chi connectivity index (χ4n) is 6.17. The average Bonchev–Trinajstić information content (AvgIpc) is 3.62. The highest BCUT2D eigenvalue weighted by Crippen LogP contribution is 2.57. The van der Waals surface area contributed by atoms with Crippen molar-refractivity contribution >= 4 is 12.1 Å². The van der Waals surface area contributed by atoms with Crippen molar-refractivity contribution in [2.24, 2.45) is 11.8 Å². The lowest BCUT2D eigenvalue weighted by Gasteiger charge is -2.39. The highest BCUT2D eigenvalue weighted by molar-refractivity contribution is 5.79. The quantitative estimate of drug-likeness (QED) is 0.195. The Labute approximate surface area is 237 Å². The van der Waals surface area contributed by atoms with E-state index in [0.717, 1.165) is 22.3 Å². The van der Waals surface area contributed by atoms with Crippen molar-refractivity contribution in [3.8, 4) is 28.7 Å². The molecule has 2 aliphatic heterocycles. The second-order valence-corrected chi connectivity index (χ2v) is 10.1. The van der Waals surface area contributed by atoms with Crippen LogP contribution in [-0.4, -0.2) is 39.7 Å². The maximum absolute atomic E-state index is 13.2. The predicted octanol–water partition coefficient (Wildman–Crippen LogP) is 5.74. The minimum atomic E-state index is -0.902. The largest absolute Gasteiger partial charge is 0.514 e. The van der Waals surface area contributed by atoms with E-state index in [-0.39, 0.29) is 48.5 Å². The first-order valence-corrected chi connectivity index (χ1v) is 13.4. The van der Waals surface area contributed by atoms with Crippen LogP contribution in [0.4, 0.5) is 4.79 Å². The summed E-state index contributed by atoms with van der Waals surface area (Å²) in [4.78, 5) is 25.9. The van der Waals surface area contributed by atoms with Gasteiger partial charge in [0.1, 0.15) is 6.61 Å². The minimum absolute atomic E-state index is 0.0236. The normalized spacial score (nSPS) is 21.8. The molecule has 0 saturated carbocycles. The molecule has 4 atom stereocenters. The number of cyclic esters (lactones) is 1. The Kier molecular flexibility index (Phi) is 7.17. The van der Waals surface area contributed by atoms with E-state index in [1.54, 1.807) is 12.1 Å². The van der Waals surface area contributed by atoms with Gasteiger partial charge in [0.05, 0.1) is 26.7 Å². The summed E-state index contributed by atoms with van der Waals surface area (Å²) in [7, 11) is 2.95. The SMILES string of the molecule is C=CC[C@@H]1c2cc3c(cc2[C@@H](c2cc(OC)c(OC(=O)OCc4ccccc4)c(OC)c2)[C@H]2C(=O)OC[C@@H]21)OCO3. The molecule has 0 spiro atoms. The maximum atomic E-state index is 13.2. The van der Waals surface area contributed by atoms with E-state index in [4.69, 9.17) is 33.2 Å². The topological polar surface area (TPSA) is 98.8 Å². The van der Waals surface area contributed by atoms with Gasteiger partial charge in [-0.15, -0.1) is 6.58 Å². The Hall–Kier alpha value is -4.66. The van der Waals surface area contributed by atoms with E-state index in [9.17, 15) is 9.59 Å². The van der Waals surface area contributed by atoms with E-state index in [1.165, 1.54) is 14.2 Å². The van der Waals surface area contributed by atoms with Crippen molar-refractivity contribution in [1.29, 1.82) is 0 Å². The van der Waals surface area contributed by atoms with Crippen molar-refractivity contribution in [2.45, 2.75) is 24.9 Å². The summed E-state index contributed by atoms with van der Waals surface area (Å²) in [5, 5.41) is 0. The zero-order chi connectivity index (χ0) is 28.5. The summed E-state index contributed by atoms with van der Waals surface area (Å²) in [5.41, 5.74) is 3.56. The number of esters is 1. The van der Waals surface area contributed by atoms with Crippen molar-refractivity contribution in [1.82, 2.24) is 0 Å². The highest BCUT2D eigenvalue weighted by Gasteiger charge is 2.52. The zero-order valence-electron chi connectivity index (χ0n) is 22.8. The third-order valence-electron chi connectivity index (χ3n) is 7.99. The summed E-state index contributed by atoms with van der Waals surface area (Å²) >= 11 is 0. The van der Waals surface area contributed by atoms with Gasteiger partial charge in [-0.1, -0.05) is 36.4 Å². The molecule has 0 bridgehead atoms. The molecule has 212 valence electrons. The first kappa shape index (κ1) is 26.6. The summed E-state index contributed by atoms with van der Waals surface area (Å²) in [6.07, 6.45) is 1.65. The number of benzene rings is 3. The van der Waals surface area contributed by atoms with Gasteiger partial charge in [-0.3, -0.25) is 4.79 Å². The lowest BCUT2D eigenvalue weighted by atomic mass is 9.62. The van der Waals surface area contributed by atoms with Crippen LogP contribution in [0.3, 0.4) is 0 Å². The smallest absolute Gasteiger partial charge is 0.493 e. The van der Waals surface area contributed by atoms with Crippen LogP contribution in [0.1, 0.15) is 40.5 Å². The van der Waals surface area contributed by atoms with E-state index in [2.05, 4.69) is 6.58 Å². The maximum Gasteiger partial charge on any atom is 0.514 e. The molecule has 0 N–H and O–H groups in total. The Morgan fingerprint density at radius 1 is 0.976 bits per heavy atom. The molecule has 1 saturated heterocycles. The van der Waals surface area contributed by atoms with Gasteiger partial charge in [0.15, 0.2) is 23.0 Å². The number of hydrogen-bond acceptors (Lipinski definition) is 9. The number of fused-ring (bicyclic) bond motifs is 3. The third kappa shape index (κ3) is 4.81. The van der Waals surface area contributed by atoms with Crippen LogP contribution in [0.2, 0.25) is 0 Å². The number of carbonyl (C=O) groups excluding carboxylic acids is 2. The number of methoxy groups -OCH3 is 2. The monoisotopic (exact) mass is 558 g/mol. The molecule has 0 unspecified atom stereocenters. The van der Waals surface area contributed by atoms with Crippen molar-refractivity contribution in [3.05, 3.63) is 89.5 Å². The van der Waals surface area contributed by atoms with Gasteiger partial charge in [0, 0.05) is 11.8 Å². The number of rotatable bonds is 8. The molecule has 0 amide bonds. The first-order chi connectivity index (χ1) is 20.0. The molecular formula is C32H30O9. The summed E-state index contributed by atoms with van der Waals surface area (Å²) < 4.78 is 39.2. The van der Waals surface area contributed by atoms with Crippen LogP contribution in [-0.2, 0) is 20.9 Å². The van der Waals surface area contributed by atoms with Gasteiger partial charge in [0.2, 0.25) is 12.5 Å². The molecule has 1 fully saturated rings. The fourth-order valence-corrected chi connectivity index (χ4v) is 6.17. The highest BCUT2D eigenvalue weighted by atomic mass is 16.7. The van der Waals surface area contributed by atoms with Crippen molar-refractivity contribution in [3.63, 3.8) is 0 Å². The molecule has 9 heteroatoms. The van der Waals surface area contributed by atoms with Crippen LogP contribution in [0, 0.1) is 11.8 Å². The number of ether oxygens (including phenoxy) is 7. The first-order valence-electron chi connectivity index (χ1n) is 13.4. The molecule has 6 rings (SSSR count). The van der Waals surface area contributed by atoms with Crippen molar-refractivity contribution in [2.75, 3.05) is 27.6 Å². The van der Waals surface area contributed by atoms with Crippen LogP contribution >= 0.6 is 0 Å². The minimum Gasteiger partial charge on any atom is -0.493 e. The lowest BCUT2D eigenvalue weighted by Crippen LogP contribution is -2.34. The molecule has 2 heterocycles. The lowest BCUT2D eigenvalue weighted by molar-refractivity contribution is -0.141. The number of hydrogen-bond donors (Lipinski definition) is 0. The molecule has 41 heavy (non-hydrogen) atoms. The molecule has 0 radical (unpaired) electrons. The Morgan fingerprint density at radius 3 is 2.32 bits per heavy atom. The Balaban J connectivity index is 1.39. The van der Waals surface area contributed by atoms with Gasteiger partial charge in [-0.05, 0) is 58.9 Å². The van der Waals surface area contributed by atoms with Crippen molar-refractivity contribution < 1.29 is 42.7 Å². The van der Waals surface area contributed by atoms with E-state index < -0.39 is 18.0 Å². The zero-order valence-corrected chi connectivity index (χ0v) is 22.8. The van der Waals surface area contributed by atoms with Crippen LogP contribution in [0.5, 0.6) is 28.7 Å². The second-order valence-electron chi connectivity index (χ2n) is 10.1. The Morgan fingerprint density at radius 2 is 1.66 bits per heavy atom. The van der Waals surface area contributed by atoms with E-state index in [0.29, 0.717) is 24.5 Å². The molecule has 3 aromatic rings. The third-order valence-corrected chi connectivity index (χ3v) is 7.99. The molecule has 3 aromatic carbocycles.